The van der Waals surface area contributed by atoms with E-state index in [1.165, 1.54) is 21.3 Å². The van der Waals surface area contributed by atoms with Crippen molar-refractivity contribution < 1.29 is 42.6 Å². The van der Waals surface area contributed by atoms with E-state index in [4.69, 9.17) is 28.3 Å². The van der Waals surface area contributed by atoms with Gasteiger partial charge < -0.3 is 44.2 Å². The predicted molar refractivity (Wildman–Crippen MR) is 227 cm³/mol. The van der Waals surface area contributed by atoms with Crippen LogP contribution in [-0.4, -0.2) is 75.9 Å². The molecule has 0 spiro atoms. The number of benzene rings is 3. The molecule has 3 saturated carbocycles. The number of methoxy groups -OCH3 is 3. The molecule has 13 heteroatoms. The monoisotopic (exact) mass is 811 g/mol. The number of amides is 3. The van der Waals surface area contributed by atoms with Gasteiger partial charge >= 0.3 is 7.12 Å². The highest BCUT2D eigenvalue weighted by Crippen LogP contribution is 2.65. The zero-order valence-corrected chi connectivity index (χ0v) is 36.3. The molecule has 2 bridgehead atoms. The van der Waals surface area contributed by atoms with Gasteiger partial charge in [0.25, 0.3) is 0 Å². The van der Waals surface area contributed by atoms with E-state index in [0.717, 1.165) is 12.8 Å². The number of ether oxygens (including phenoxy) is 4. The average molecular weight is 812 g/mol. The summed E-state index contributed by atoms with van der Waals surface area (Å²) in [5.74, 6) is 1.72. The van der Waals surface area contributed by atoms with Crippen LogP contribution in [-0.2, 0) is 36.5 Å². The maximum Gasteiger partial charge on any atom is 0.481 e. The third-order valence-corrected chi connectivity index (χ3v) is 12.7. The van der Waals surface area contributed by atoms with E-state index in [-0.39, 0.29) is 48.0 Å². The van der Waals surface area contributed by atoms with Crippen molar-refractivity contribution in [3.8, 4) is 28.7 Å². The van der Waals surface area contributed by atoms with Crippen molar-refractivity contribution in [1.29, 1.82) is 0 Å². The van der Waals surface area contributed by atoms with Gasteiger partial charge in [0.05, 0.1) is 45.4 Å². The Hall–Kier alpha value is -4.75. The number of hydrogen-bond acceptors (Lipinski definition) is 9. The largest absolute Gasteiger partial charge is 0.493 e. The highest BCUT2D eigenvalue weighted by molar-refractivity contribution is 6.48. The fourth-order valence-corrected chi connectivity index (χ4v) is 9.35. The minimum absolute atomic E-state index is 0.0178. The molecular weight excluding hydrogens is 749 g/mol. The molecule has 0 radical (unpaired) electrons. The second-order valence-corrected chi connectivity index (χ2v) is 17.9. The topological polar surface area (TPSA) is 143 Å². The number of carbonyl (C=O) groups excluding carboxylic acids is 3. The van der Waals surface area contributed by atoms with Gasteiger partial charge in [-0.1, -0.05) is 71.9 Å². The fourth-order valence-electron chi connectivity index (χ4n) is 9.35. The van der Waals surface area contributed by atoms with E-state index in [2.05, 4.69) is 50.6 Å². The molecule has 3 N–H and O–H groups in total. The van der Waals surface area contributed by atoms with Gasteiger partial charge in [0.1, 0.15) is 23.6 Å². The highest BCUT2D eigenvalue weighted by Gasteiger charge is 2.68. The van der Waals surface area contributed by atoms with Gasteiger partial charge in [0.2, 0.25) is 23.5 Å². The maximum absolute atomic E-state index is 14.4. The van der Waals surface area contributed by atoms with Crippen LogP contribution in [0.2, 0.25) is 0 Å². The van der Waals surface area contributed by atoms with Gasteiger partial charge in [0, 0.05) is 6.42 Å². The maximum atomic E-state index is 14.4. The van der Waals surface area contributed by atoms with Gasteiger partial charge in [-0.25, -0.2) is 0 Å². The Bertz CT molecular complexity index is 1930. The lowest BCUT2D eigenvalue weighted by atomic mass is 9.43. The summed E-state index contributed by atoms with van der Waals surface area (Å²) in [5, 5.41) is 9.18. The fraction of sp³-hybridized carbons (Fsp3) is 0.543. The van der Waals surface area contributed by atoms with Crippen LogP contribution in [0, 0.1) is 29.1 Å². The van der Waals surface area contributed by atoms with Crippen molar-refractivity contribution in [2.75, 3.05) is 21.3 Å². The summed E-state index contributed by atoms with van der Waals surface area (Å²) in [6.45, 7) is 14.8. The van der Waals surface area contributed by atoms with Gasteiger partial charge in [-0.2, -0.15) is 0 Å². The molecule has 0 unspecified atom stereocenters. The van der Waals surface area contributed by atoms with E-state index in [9.17, 15) is 14.4 Å². The lowest BCUT2D eigenvalue weighted by Crippen LogP contribution is -2.65. The lowest BCUT2D eigenvalue weighted by molar-refractivity contribution is -0.199. The van der Waals surface area contributed by atoms with Crippen LogP contribution in [0.4, 0.5) is 0 Å². The van der Waals surface area contributed by atoms with Gasteiger partial charge in [-0.15, -0.1) is 0 Å². The SMILES string of the molecule is COc1cc(C[C@H](NC(=O)Cc2cccc(Oc3ccccc3)c2)C(=O)N[C@H](C(=O)N[C@@H](CC(C)C)B2O[C@@H]3C[C@@H]4C[C@@H](C4(C)C)[C@]3(C)O2)C(C)C)cc(OC)c1OC. The van der Waals surface area contributed by atoms with Crippen molar-refractivity contribution in [1.82, 2.24) is 16.0 Å². The summed E-state index contributed by atoms with van der Waals surface area (Å²) in [4.78, 5) is 42.5. The Morgan fingerprint density at radius 1 is 0.797 bits per heavy atom. The molecule has 1 aliphatic heterocycles. The molecule has 12 nitrogen and oxygen atoms in total. The molecule has 3 aromatic carbocycles. The first-order valence-corrected chi connectivity index (χ1v) is 20.9. The molecule has 7 rings (SSSR count). The van der Waals surface area contributed by atoms with Crippen molar-refractivity contribution in [3.05, 3.63) is 77.9 Å². The van der Waals surface area contributed by atoms with E-state index in [1.807, 2.05) is 62.4 Å². The molecule has 4 aliphatic rings. The molecule has 59 heavy (non-hydrogen) atoms. The third kappa shape index (κ3) is 9.67. The predicted octanol–water partition coefficient (Wildman–Crippen LogP) is 6.71. The number of nitrogens with one attached hydrogen (secondary N) is 3. The summed E-state index contributed by atoms with van der Waals surface area (Å²) in [5.41, 5.74) is 1.10. The van der Waals surface area contributed by atoms with Crippen LogP contribution >= 0.6 is 0 Å². The van der Waals surface area contributed by atoms with Crippen molar-refractivity contribution in [3.63, 3.8) is 0 Å². The minimum Gasteiger partial charge on any atom is -0.493 e. The van der Waals surface area contributed by atoms with Gasteiger partial charge in [-0.05, 0) is 103 Å². The van der Waals surface area contributed by atoms with E-state index in [0.29, 0.717) is 58.1 Å². The van der Waals surface area contributed by atoms with Crippen LogP contribution in [0.15, 0.2) is 66.7 Å². The molecule has 4 fully saturated rings. The Morgan fingerprint density at radius 3 is 2.08 bits per heavy atom. The first-order valence-electron chi connectivity index (χ1n) is 20.9. The Labute approximate surface area is 349 Å². The normalized spacial score (nSPS) is 23.0. The van der Waals surface area contributed by atoms with Crippen LogP contribution in [0.3, 0.4) is 0 Å². The smallest absolute Gasteiger partial charge is 0.481 e. The second-order valence-electron chi connectivity index (χ2n) is 17.9. The van der Waals surface area contributed by atoms with Crippen LogP contribution in [0.25, 0.3) is 0 Å². The standard InChI is InChI=1S/C46H62BN3O9/c1-27(2)19-39(47-58-38-26-31-25-37(45(31,5)6)46(38,7)59-47)49-44(53)41(28(3)4)50-43(52)34(21-30-22-35(54-8)42(56-10)36(23-30)55-9)48-40(51)24-29-15-14-18-33(20-29)57-32-16-12-11-13-17-32/h11-18,20,22-23,27-28,31,34,37-39,41H,19,21,24-26H2,1-10H3,(H,48,51)(H,49,53)(H,50,52)/t31-,34-,37-,38+,39-,41-,46-/m0/s1. The van der Waals surface area contributed by atoms with Crippen LogP contribution < -0.4 is 34.9 Å². The first kappa shape index (κ1) is 43.8. The average Bonchev–Trinajstić information content (AvgIpc) is 3.56. The molecule has 1 heterocycles. The number of para-hydroxylation sites is 1. The number of hydrogen-bond donors (Lipinski definition) is 3. The Morgan fingerprint density at radius 2 is 1.47 bits per heavy atom. The van der Waals surface area contributed by atoms with Crippen LogP contribution in [0.5, 0.6) is 28.7 Å². The molecule has 1 saturated heterocycles. The Kier molecular flexibility index (Phi) is 13.6. The summed E-state index contributed by atoms with van der Waals surface area (Å²) in [7, 11) is 3.93. The van der Waals surface area contributed by atoms with E-state index < -0.39 is 36.7 Å². The molecule has 3 aliphatic carbocycles. The first-order chi connectivity index (χ1) is 28.1. The van der Waals surface area contributed by atoms with Crippen LogP contribution in [0.1, 0.15) is 78.9 Å². The van der Waals surface area contributed by atoms with E-state index in [1.54, 1.807) is 18.2 Å². The van der Waals surface area contributed by atoms with Crippen molar-refractivity contribution >= 4 is 24.8 Å². The number of rotatable bonds is 18. The van der Waals surface area contributed by atoms with E-state index >= 15 is 0 Å². The quantitative estimate of drug-likeness (QED) is 0.120. The molecule has 0 aromatic heterocycles. The number of carbonyl (C=O) groups is 3. The summed E-state index contributed by atoms with van der Waals surface area (Å²) in [6.07, 6.45) is 2.71. The Balaban J connectivity index is 1.20. The van der Waals surface area contributed by atoms with Crippen molar-refractivity contribution in [2.24, 2.45) is 29.1 Å². The lowest BCUT2D eigenvalue weighted by Gasteiger charge is -2.64. The second kappa shape index (κ2) is 18.3. The summed E-state index contributed by atoms with van der Waals surface area (Å²) >= 11 is 0. The van der Waals surface area contributed by atoms with Gasteiger partial charge in [0.15, 0.2) is 11.5 Å². The molecule has 318 valence electrons. The molecule has 3 amide bonds. The van der Waals surface area contributed by atoms with Gasteiger partial charge in [-0.3, -0.25) is 14.4 Å². The molecule has 3 aromatic rings. The third-order valence-electron chi connectivity index (χ3n) is 12.7. The highest BCUT2D eigenvalue weighted by atomic mass is 16.7. The zero-order valence-electron chi connectivity index (χ0n) is 36.3. The molecular formula is C46H62BN3O9. The summed E-state index contributed by atoms with van der Waals surface area (Å²) in [6, 6.07) is 18.1. The summed E-state index contributed by atoms with van der Waals surface area (Å²) < 4.78 is 36.1. The van der Waals surface area contributed by atoms with Crippen molar-refractivity contribution in [2.45, 2.75) is 110 Å². The zero-order chi connectivity index (χ0) is 42.6. The minimum atomic E-state index is -1.08. The molecule has 7 atom stereocenters.